The molecule has 0 fully saturated rings. The van der Waals surface area contributed by atoms with Crippen LogP contribution in [0.2, 0.25) is 0 Å². The minimum absolute atomic E-state index is 0.228. The number of halogens is 1. The van der Waals surface area contributed by atoms with E-state index in [0.29, 0.717) is 12.4 Å². The number of carbonyl (C=O) groups is 1. The number of amides is 2. The maximum atomic E-state index is 11.3. The molecule has 82 valence electrons. The van der Waals surface area contributed by atoms with Gasteiger partial charge < -0.3 is 10.6 Å². The van der Waals surface area contributed by atoms with Crippen molar-refractivity contribution in [2.75, 3.05) is 24.0 Å². The summed E-state index contributed by atoms with van der Waals surface area (Å²) < 4.78 is 0. The summed E-state index contributed by atoms with van der Waals surface area (Å²) in [6, 6.07) is 7.44. The molecule has 0 saturated carbocycles. The summed E-state index contributed by atoms with van der Waals surface area (Å²) in [4.78, 5) is 12.4. The first-order chi connectivity index (χ1) is 7.26. The number of nitrogens with one attached hydrogen (secondary N) is 2. The van der Waals surface area contributed by atoms with Crippen molar-refractivity contribution in [3.8, 4) is 0 Å². The average molecular weight is 245 g/mol. The zero-order valence-corrected chi connectivity index (χ0v) is 9.99. The van der Waals surface area contributed by atoms with Crippen LogP contribution in [0, 0.1) is 0 Å². The molecule has 2 amide bonds. The molecule has 0 unspecified atom stereocenters. The number of hydrogen-bond donors (Lipinski definition) is 2. The Morgan fingerprint density at radius 1 is 1.53 bits per heavy atom. The molecule has 0 heterocycles. The highest BCUT2D eigenvalue weighted by molar-refractivity contribution is 7.98. The Balaban J connectivity index is 2.52. The molecule has 0 saturated heterocycles. The summed E-state index contributed by atoms with van der Waals surface area (Å²) in [5, 5.41) is 5.36. The van der Waals surface area contributed by atoms with Crippen LogP contribution < -0.4 is 10.6 Å². The highest BCUT2D eigenvalue weighted by atomic mass is 35.5. The third-order valence-corrected chi connectivity index (χ3v) is 2.62. The molecule has 3 nitrogen and oxygen atoms in total. The number of thioether (sulfide) groups is 1. The van der Waals surface area contributed by atoms with Crippen LogP contribution in [-0.4, -0.2) is 24.7 Å². The highest BCUT2D eigenvalue weighted by Gasteiger charge is 2.00. The third kappa shape index (κ3) is 4.44. The van der Waals surface area contributed by atoms with Crippen LogP contribution in [0.25, 0.3) is 0 Å². The number of rotatable bonds is 4. The molecule has 0 atom stereocenters. The van der Waals surface area contributed by atoms with Crippen LogP contribution in [0.4, 0.5) is 10.5 Å². The lowest BCUT2D eigenvalue weighted by atomic mass is 10.3. The molecule has 0 aliphatic carbocycles. The van der Waals surface area contributed by atoms with Gasteiger partial charge in [0.2, 0.25) is 0 Å². The van der Waals surface area contributed by atoms with Crippen LogP contribution in [0.1, 0.15) is 0 Å². The minimum Gasteiger partial charge on any atom is -0.337 e. The molecule has 0 aliphatic rings. The number of urea groups is 1. The standard InChI is InChI=1S/C10H13ClN2OS/c1-15-9-4-2-3-8(7-9)13-10(14)12-6-5-11/h2-4,7H,5-6H2,1H3,(H2,12,13,14). The molecule has 2 N–H and O–H groups in total. The van der Waals surface area contributed by atoms with Crippen LogP contribution in [0.5, 0.6) is 0 Å². The van der Waals surface area contributed by atoms with Crippen molar-refractivity contribution in [2.24, 2.45) is 0 Å². The molecular weight excluding hydrogens is 232 g/mol. The number of hydrogen-bond acceptors (Lipinski definition) is 2. The monoisotopic (exact) mass is 244 g/mol. The fourth-order valence-corrected chi connectivity index (χ4v) is 1.59. The Morgan fingerprint density at radius 2 is 2.33 bits per heavy atom. The van der Waals surface area contributed by atoms with Gasteiger partial charge in [-0.25, -0.2) is 4.79 Å². The van der Waals surface area contributed by atoms with Crippen molar-refractivity contribution in [1.29, 1.82) is 0 Å². The van der Waals surface area contributed by atoms with E-state index in [9.17, 15) is 4.79 Å². The van der Waals surface area contributed by atoms with Crippen LogP contribution in [0.3, 0.4) is 0 Å². The van der Waals surface area contributed by atoms with Crippen molar-refractivity contribution in [3.63, 3.8) is 0 Å². The lowest BCUT2D eigenvalue weighted by Crippen LogP contribution is -2.30. The molecule has 15 heavy (non-hydrogen) atoms. The molecule has 0 aliphatic heterocycles. The summed E-state index contributed by atoms with van der Waals surface area (Å²) in [7, 11) is 0. The van der Waals surface area contributed by atoms with E-state index in [-0.39, 0.29) is 6.03 Å². The lowest BCUT2D eigenvalue weighted by molar-refractivity contribution is 0.252. The molecule has 0 radical (unpaired) electrons. The molecular formula is C10H13ClN2OS. The second-order valence-corrected chi connectivity index (χ2v) is 4.06. The zero-order valence-electron chi connectivity index (χ0n) is 8.42. The topological polar surface area (TPSA) is 41.1 Å². The van der Waals surface area contributed by atoms with Crippen molar-refractivity contribution in [3.05, 3.63) is 24.3 Å². The Kier molecular flexibility index (Phi) is 5.36. The second-order valence-electron chi connectivity index (χ2n) is 2.80. The molecule has 0 aromatic heterocycles. The van der Waals surface area contributed by atoms with Crippen LogP contribution in [-0.2, 0) is 0 Å². The first-order valence-corrected chi connectivity index (χ1v) is 6.27. The smallest absolute Gasteiger partial charge is 0.319 e. The number of anilines is 1. The predicted molar refractivity (Wildman–Crippen MR) is 66.0 cm³/mol. The molecule has 1 aromatic carbocycles. The van der Waals surface area contributed by atoms with Crippen molar-refractivity contribution >= 4 is 35.1 Å². The van der Waals surface area contributed by atoms with Crippen molar-refractivity contribution in [2.45, 2.75) is 4.90 Å². The first kappa shape index (κ1) is 12.2. The van der Waals surface area contributed by atoms with E-state index < -0.39 is 0 Å². The third-order valence-electron chi connectivity index (χ3n) is 1.71. The van der Waals surface area contributed by atoms with Gasteiger partial charge in [0.15, 0.2) is 0 Å². The average Bonchev–Trinajstić information content (AvgIpc) is 2.26. The fraction of sp³-hybridized carbons (Fsp3) is 0.300. The van der Waals surface area contributed by atoms with E-state index in [1.165, 1.54) is 0 Å². The Hall–Kier alpha value is -0.870. The van der Waals surface area contributed by atoms with Gasteiger partial charge >= 0.3 is 6.03 Å². The quantitative estimate of drug-likeness (QED) is 0.632. The van der Waals surface area contributed by atoms with Gasteiger partial charge in [0, 0.05) is 23.0 Å². The number of benzene rings is 1. The van der Waals surface area contributed by atoms with Crippen LogP contribution >= 0.6 is 23.4 Å². The SMILES string of the molecule is CSc1cccc(NC(=O)NCCCl)c1. The van der Waals surface area contributed by atoms with Gasteiger partial charge in [0.05, 0.1) is 0 Å². The van der Waals surface area contributed by atoms with E-state index in [1.54, 1.807) is 11.8 Å². The molecule has 1 aromatic rings. The summed E-state index contributed by atoms with van der Waals surface area (Å²) >= 11 is 7.09. The largest absolute Gasteiger partial charge is 0.337 e. The lowest BCUT2D eigenvalue weighted by Gasteiger charge is -2.07. The first-order valence-electron chi connectivity index (χ1n) is 4.51. The Morgan fingerprint density at radius 3 is 3.00 bits per heavy atom. The van der Waals surface area contributed by atoms with E-state index in [0.717, 1.165) is 10.6 Å². The minimum atomic E-state index is -0.228. The zero-order chi connectivity index (χ0) is 11.1. The van der Waals surface area contributed by atoms with Gasteiger partial charge in [-0.1, -0.05) is 6.07 Å². The molecule has 1 rings (SSSR count). The van der Waals surface area contributed by atoms with E-state index in [2.05, 4.69) is 10.6 Å². The Bertz CT molecular complexity index is 333. The van der Waals surface area contributed by atoms with Crippen molar-refractivity contribution in [1.82, 2.24) is 5.32 Å². The number of carbonyl (C=O) groups excluding carboxylic acids is 1. The van der Waals surface area contributed by atoms with Gasteiger partial charge in [-0.15, -0.1) is 23.4 Å². The van der Waals surface area contributed by atoms with E-state index >= 15 is 0 Å². The molecule has 0 bridgehead atoms. The predicted octanol–water partition coefficient (Wildman–Crippen LogP) is 2.77. The second kappa shape index (κ2) is 6.58. The van der Waals surface area contributed by atoms with Crippen molar-refractivity contribution < 1.29 is 4.79 Å². The summed E-state index contributed by atoms with van der Waals surface area (Å²) in [5.74, 6) is 0.415. The van der Waals surface area contributed by atoms with Gasteiger partial charge in [-0.2, -0.15) is 0 Å². The van der Waals surface area contributed by atoms with E-state index in [1.807, 2.05) is 30.5 Å². The van der Waals surface area contributed by atoms with Crippen LogP contribution in [0.15, 0.2) is 29.2 Å². The highest BCUT2D eigenvalue weighted by Crippen LogP contribution is 2.18. The normalized spacial score (nSPS) is 9.73. The number of alkyl halides is 1. The summed E-state index contributed by atoms with van der Waals surface area (Å²) in [6.45, 7) is 0.468. The fourth-order valence-electron chi connectivity index (χ4n) is 1.04. The maximum absolute atomic E-state index is 11.3. The summed E-state index contributed by atoms with van der Waals surface area (Å²) in [6.07, 6.45) is 1.99. The molecule has 5 heteroatoms. The van der Waals surface area contributed by atoms with E-state index in [4.69, 9.17) is 11.6 Å². The van der Waals surface area contributed by atoms with Gasteiger partial charge in [-0.05, 0) is 24.5 Å². The van der Waals surface area contributed by atoms with Gasteiger partial charge in [-0.3, -0.25) is 0 Å². The summed E-state index contributed by atoms with van der Waals surface area (Å²) in [5.41, 5.74) is 0.786. The van der Waals surface area contributed by atoms with Gasteiger partial charge in [0.25, 0.3) is 0 Å². The maximum Gasteiger partial charge on any atom is 0.319 e. The molecule has 0 spiro atoms. The van der Waals surface area contributed by atoms with Gasteiger partial charge in [0.1, 0.15) is 0 Å². The Labute approximate surface area is 98.6 Å².